The van der Waals surface area contributed by atoms with Crippen molar-refractivity contribution in [2.45, 2.75) is 6.42 Å². The third kappa shape index (κ3) is 5.05. The van der Waals surface area contributed by atoms with E-state index in [-0.39, 0.29) is 0 Å². The molecule has 0 amide bonds. The standard InChI is InChI=1S/C10H22N4OS/c1-16-8-2-3-13-4-6-14(7-5-13)9-10(11)12-15/h15H,2-9H2,1H3,(H2,11,12). The van der Waals surface area contributed by atoms with Crippen LogP contribution >= 0.6 is 11.8 Å². The van der Waals surface area contributed by atoms with Crippen molar-refractivity contribution >= 4 is 17.6 Å². The maximum Gasteiger partial charge on any atom is 0.153 e. The Balaban J connectivity index is 2.13. The van der Waals surface area contributed by atoms with E-state index in [0.29, 0.717) is 12.4 Å². The van der Waals surface area contributed by atoms with Gasteiger partial charge in [0.15, 0.2) is 5.84 Å². The lowest BCUT2D eigenvalue weighted by atomic mass is 10.3. The number of amidine groups is 1. The molecular weight excluding hydrogens is 224 g/mol. The molecule has 0 unspecified atom stereocenters. The molecule has 16 heavy (non-hydrogen) atoms. The van der Waals surface area contributed by atoms with Crippen molar-refractivity contribution < 1.29 is 5.21 Å². The van der Waals surface area contributed by atoms with Crippen LogP contribution in [0.1, 0.15) is 6.42 Å². The minimum atomic E-state index is 0.302. The van der Waals surface area contributed by atoms with Crippen molar-refractivity contribution in [3.63, 3.8) is 0 Å². The molecule has 0 aromatic heterocycles. The fourth-order valence-corrected chi connectivity index (χ4v) is 2.28. The summed E-state index contributed by atoms with van der Waals surface area (Å²) in [6.07, 6.45) is 3.41. The first-order chi connectivity index (χ1) is 7.76. The molecule has 0 aromatic carbocycles. The molecule has 0 atom stereocenters. The van der Waals surface area contributed by atoms with Crippen molar-refractivity contribution in [1.29, 1.82) is 0 Å². The van der Waals surface area contributed by atoms with Crippen LogP contribution in [-0.2, 0) is 0 Å². The number of hydrogen-bond donors (Lipinski definition) is 2. The molecule has 1 saturated heterocycles. The van der Waals surface area contributed by atoms with Gasteiger partial charge in [0.25, 0.3) is 0 Å². The highest BCUT2D eigenvalue weighted by Crippen LogP contribution is 2.04. The normalized spacial score (nSPS) is 20.2. The van der Waals surface area contributed by atoms with E-state index in [1.807, 2.05) is 11.8 Å². The lowest BCUT2D eigenvalue weighted by Crippen LogP contribution is -2.49. The molecule has 0 spiro atoms. The van der Waals surface area contributed by atoms with Crippen molar-refractivity contribution in [2.75, 3.05) is 51.3 Å². The summed E-state index contributed by atoms with van der Waals surface area (Å²) in [6, 6.07) is 0. The van der Waals surface area contributed by atoms with Gasteiger partial charge >= 0.3 is 0 Å². The van der Waals surface area contributed by atoms with E-state index in [1.54, 1.807) is 0 Å². The second kappa shape index (κ2) is 7.76. The fourth-order valence-electron chi connectivity index (χ4n) is 1.86. The molecule has 3 N–H and O–H groups in total. The minimum absolute atomic E-state index is 0.302. The van der Waals surface area contributed by atoms with Crippen LogP contribution in [0.25, 0.3) is 0 Å². The van der Waals surface area contributed by atoms with Crippen molar-refractivity contribution in [3.8, 4) is 0 Å². The van der Waals surface area contributed by atoms with Gasteiger partial charge in [0, 0.05) is 26.2 Å². The van der Waals surface area contributed by atoms with Crippen LogP contribution in [0.2, 0.25) is 0 Å². The van der Waals surface area contributed by atoms with Crippen LogP contribution in [0, 0.1) is 0 Å². The quantitative estimate of drug-likeness (QED) is 0.229. The molecule has 94 valence electrons. The van der Waals surface area contributed by atoms with E-state index in [4.69, 9.17) is 10.9 Å². The molecule has 0 aliphatic carbocycles. The Labute approximate surface area is 102 Å². The number of thioether (sulfide) groups is 1. The van der Waals surface area contributed by atoms with Gasteiger partial charge in [-0.25, -0.2) is 0 Å². The van der Waals surface area contributed by atoms with E-state index in [2.05, 4.69) is 21.2 Å². The average molecular weight is 246 g/mol. The number of nitrogens with zero attached hydrogens (tertiary/aromatic N) is 3. The molecule has 1 aliphatic rings. The molecule has 1 aliphatic heterocycles. The molecule has 1 rings (SSSR count). The molecule has 6 heteroatoms. The number of oxime groups is 1. The van der Waals surface area contributed by atoms with Gasteiger partial charge in [0.2, 0.25) is 0 Å². The summed E-state index contributed by atoms with van der Waals surface area (Å²) in [7, 11) is 0. The van der Waals surface area contributed by atoms with Crippen LogP contribution in [0.3, 0.4) is 0 Å². The Morgan fingerprint density at radius 1 is 1.31 bits per heavy atom. The molecule has 0 saturated carbocycles. The molecule has 0 bridgehead atoms. The third-order valence-electron chi connectivity index (χ3n) is 2.80. The highest BCUT2D eigenvalue weighted by molar-refractivity contribution is 7.98. The molecule has 1 heterocycles. The second-order valence-electron chi connectivity index (χ2n) is 4.06. The highest BCUT2D eigenvalue weighted by Gasteiger charge is 2.16. The summed E-state index contributed by atoms with van der Waals surface area (Å²) < 4.78 is 0. The topological polar surface area (TPSA) is 65.1 Å². The van der Waals surface area contributed by atoms with Gasteiger partial charge in [0.1, 0.15) is 0 Å². The maximum absolute atomic E-state index is 8.48. The van der Waals surface area contributed by atoms with Gasteiger partial charge in [-0.05, 0) is 25.0 Å². The highest BCUT2D eigenvalue weighted by atomic mass is 32.2. The number of piperazine rings is 1. The van der Waals surface area contributed by atoms with Crippen molar-refractivity contribution in [3.05, 3.63) is 0 Å². The van der Waals surface area contributed by atoms with Crippen molar-refractivity contribution in [1.82, 2.24) is 9.80 Å². The van der Waals surface area contributed by atoms with Gasteiger partial charge in [-0.2, -0.15) is 11.8 Å². The van der Waals surface area contributed by atoms with Gasteiger partial charge in [-0.15, -0.1) is 0 Å². The van der Waals surface area contributed by atoms with E-state index < -0.39 is 0 Å². The van der Waals surface area contributed by atoms with Crippen molar-refractivity contribution in [2.24, 2.45) is 10.9 Å². The first kappa shape index (κ1) is 13.6. The summed E-state index contributed by atoms with van der Waals surface area (Å²) in [6.45, 7) is 5.97. The molecule has 0 aromatic rings. The summed E-state index contributed by atoms with van der Waals surface area (Å²) in [4.78, 5) is 4.71. The predicted octanol–water partition coefficient (Wildman–Crippen LogP) is 0.104. The zero-order valence-corrected chi connectivity index (χ0v) is 10.7. The zero-order chi connectivity index (χ0) is 11.8. The predicted molar refractivity (Wildman–Crippen MR) is 69.3 cm³/mol. The van der Waals surface area contributed by atoms with Crippen LogP contribution < -0.4 is 5.73 Å². The fraction of sp³-hybridized carbons (Fsp3) is 0.900. The number of nitrogens with two attached hydrogens (primary N) is 1. The summed E-state index contributed by atoms with van der Waals surface area (Å²) in [5, 5.41) is 11.5. The Hall–Kier alpha value is -0.460. The lowest BCUT2D eigenvalue weighted by Gasteiger charge is -2.34. The Kier molecular flexibility index (Phi) is 6.59. The van der Waals surface area contributed by atoms with E-state index in [9.17, 15) is 0 Å². The largest absolute Gasteiger partial charge is 0.409 e. The smallest absolute Gasteiger partial charge is 0.153 e. The minimum Gasteiger partial charge on any atom is -0.409 e. The summed E-state index contributed by atoms with van der Waals surface area (Å²) >= 11 is 1.91. The number of hydrogen-bond acceptors (Lipinski definition) is 5. The Bertz CT molecular complexity index is 217. The van der Waals surface area contributed by atoms with Crippen LogP contribution in [0.15, 0.2) is 5.16 Å². The van der Waals surface area contributed by atoms with Gasteiger partial charge in [-0.3, -0.25) is 4.90 Å². The summed E-state index contributed by atoms with van der Waals surface area (Å²) in [5.41, 5.74) is 5.48. The van der Waals surface area contributed by atoms with Gasteiger partial charge < -0.3 is 15.8 Å². The second-order valence-corrected chi connectivity index (χ2v) is 5.04. The Morgan fingerprint density at radius 2 is 1.94 bits per heavy atom. The molecule has 5 nitrogen and oxygen atoms in total. The lowest BCUT2D eigenvalue weighted by molar-refractivity contribution is 0.145. The Morgan fingerprint density at radius 3 is 2.50 bits per heavy atom. The first-order valence-electron chi connectivity index (χ1n) is 5.66. The monoisotopic (exact) mass is 246 g/mol. The SMILES string of the molecule is CSCCCN1CCN(CC(N)=NO)CC1. The van der Waals surface area contributed by atoms with Gasteiger partial charge in [-0.1, -0.05) is 5.16 Å². The van der Waals surface area contributed by atoms with Crippen LogP contribution in [0.5, 0.6) is 0 Å². The van der Waals surface area contributed by atoms with Gasteiger partial charge in [0.05, 0.1) is 6.54 Å². The maximum atomic E-state index is 8.48. The van der Waals surface area contributed by atoms with E-state index in [0.717, 1.165) is 26.2 Å². The third-order valence-corrected chi connectivity index (χ3v) is 3.50. The average Bonchev–Trinajstić information content (AvgIpc) is 2.31. The number of rotatable bonds is 6. The van der Waals surface area contributed by atoms with E-state index in [1.165, 1.54) is 18.7 Å². The van der Waals surface area contributed by atoms with E-state index >= 15 is 0 Å². The molecule has 1 fully saturated rings. The summed E-state index contributed by atoms with van der Waals surface area (Å²) in [5.74, 6) is 1.54. The molecular formula is C10H22N4OS. The molecule has 0 radical (unpaired) electrons. The first-order valence-corrected chi connectivity index (χ1v) is 7.05. The van der Waals surface area contributed by atoms with Crippen LogP contribution in [-0.4, -0.2) is 72.1 Å². The van der Waals surface area contributed by atoms with Crippen LogP contribution in [0.4, 0.5) is 0 Å². The zero-order valence-electron chi connectivity index (χ0n) is 9.93.